The number of carbonyl (C=O) groups is 2. The minimum absolute atomic E-state index is 0.0552. The minimum atomic E-state index is -4.23. The number of hydrogen-bond acceptors (Lipinski definition) is 7. The highest BCUT2D eigenvalue weighted by Gasteiger charge is 2.44. The molecule has 12 heteroatoms. The molecule has 0 saturated heterocycles. The lowest BCUT2D eigenvalue weighted by atomic mass is 9.79. The van der Waals surface area contributed by atoms with E-state index in [4.69, 9.17) is 18.5 Å². The van der Waals surface area contributed by atoms with Crippen molar-refractivity contribution in [3.05, 3.63) is 0 Å². The zero-order valence-electron chi connectivity index (χ0n) is 21.7. The molecular weight excluding hydrogens is 519 g/mol. The van der Waals surface area contributed by atoms with Crippen LogP contribution in [0.4, 0.5) is 0 Å². The van der Waals surface area contributed by atoms with E-state index in [1.54, 1.807) is 13.8 Å². The number of nitrogens with zero attached hydrogens (tertiary/aromatic N) is 2. The number of quaternary nitrogens is 2. The van der Waals surface area contributed by atoms with Gasteiger partial charge in [0.05, 0.1) is 54.3 Å². The summed E-state index contributed by atoms with van der Waals surface area (Å²) in [6.45, 7) is 6.21. The first-order chi connectivity index (χ1) is 14.7. The number of ether oxygens (including phenoxy) is 2. The SMILES string of the molecule is CCC(C)(CC(C)(Br)C(=O)OCC[N+](C)(C)C)C(=O)OCCOP(=O)(O)OCC[N+](C)(C)C. The quantitative estimate of drug-likeness (QED) is 0.100. The first-order valence-corrected chi connectivity index (χ1v) is 13.3. The smallest absolute Gasteiger partial charge is 0.463 e. The zero-order chi connectivity index (χ0) is 26.1. The van der Waals surface area contributed by atoms with Crippen molar-refractivity contribution in [3.8, 4) is 0 Å². The van der Waals surface area contributed by atoms with E-state index >= 15 is 0 Å². The van der Waals surface area contributed by atoms with Crippen molar-refractivity contribution in [3.63, 3.8) is 0 Å². The summed E-state index contributed by atoms with van der Waals surface area (Å²) in [5.74, 6) is -0.976. The van der Waals surface area contributed by atoms with Crippen LogP contribution in [0.25, 0.3) is 0 Å². The van der Waals surface area contributed by atoms with Crippen molar-refractivity contribution < 1.29 is 46.5 Å². The Hall–Kier alpha value is -0.550. The molecule has 0 bridgehead atoms. The van der Waals surface area contributed by atoms with Gasteiger partial charge >= 0.3 is 19.8 Å². The largest absolute Gasteiger partial charge is 0.472 e. The van der Waals surface area contributed by atoms with Gasteiger partial charge in [0.15, 0.2) is 0 Å². The molecule has 196 valence electrons. The van der Waals surface area contributed by atoms with Crippen LogP contribution in [0.3, 0.4) is 0 Å². The van der Waals surface area contributed by atoms with Crippen LogP contribution in [0.1, 0.15) is 33.6 Å². The van der Waals surface area contributed by atoms with Gasteiger partial charge in [-0.25, -0.2) is 4.57 Å². The minimum Gasteiger partial charge on any atom is -0.463 e. The third-order valence-electron chi connectivity index (χ3n) is 5.00. The molecule has 0 aromatic carbocycles. The second-order valence-corrected chi connectivity index (χ2v) is 13.9. The molecule has 0 amide bonds. The fourth-order valence-corrected chi connectivity index (χ4v) is 4.06. The predicted octanol–water partition coefficient (Wildman–Crippen LogP) is 2.58. The lowest BCUT2D eigenvalue weighted by Gasteiger charge is -2.32. The molecule has 0 aliphatic heterocycles. The average Bonchev–Trinajstić information content (AvgIpc) is 2.62. The Morgan fingerprint density at radius 3 is 1.79 bits per heavy atom. The fraction of sp³-hybridized carbons (Fsp3) is 0.905. The molecule has 3 unspecified atom stereocenters. The van der Waals surface area contributed by atoms with E-state index in [9.17, 15) is 19.0 Å². The summed E-state index contributed by atoms with van der Waals surface area (Å²) < 4.78 is 32.5. The van der Waals surface area contributed by atoms with Gasteiger partial charge in [0, 0.05) is 0 Å². The molecule has 0 aliphatic carbocycles. The fourth-order valence-electron chi connectivity index (χ4n) is 2.64. The van der Waals surface area contributed by atoms with Gasteiger partial charge in [-0.15, -0.1) is 0 Å². The molecule has 3 atom stereocenters. The Labute approximate surface area is 207 Å². The van der Waals surface area contributed by atoms with Crippen LogP contribution in [0.2, 0.25) is 0 Å². The molecule has 0 saturated carbocycles. The van der Waals surface area contributed by atoms with E-state index in [1.807, 2.05) is 49.2 Å². The highest BCUT2D eigenvalue weighted by Crippen LogP contribution is 2.43. The topological polar surface area (TPSA) is 108 Å². The average molecular weight is 563 g/mol. The van der Waals surface area contributed by atoms with Crippen LogP contribution in [0.5, 0.6) is 0 Å². The Morgan fingerprint density at radius 1 is 0.848 bits per heavy atom. The molecule has 0 aromatic rings. The van der Waals surface area contributed by atoms with Gasteiger partial charge in [-0.05, 0) is 26.7 Å². The van der Waals surface area contributed by atoms with Crippen molar-refractivity contribution in [1.29, 1.82) is 0 Å². The summed E-state index contributed by atoms with van der Waals surface area (Å²) in [6.07, 6.45) is 0.582. The van der Waals surface area contributed by atoms with Crippen LogP contribution < -0.4 is 0 Å². The van der Waals surface area contributed by atoms with Crippen LogP contribution >= 0.6 is 23.8 Å². The number of phosphoric acid groups is 1. The summed E-state index contributed by atoms with van der Waals surface area (Å²) >= 11 is 3.42. The molecule has 0 heterocycles. The van der Waals surface area contributed by atoms with Crippen LogP contribution in [0, 0.1) is 5.41 Å². The first kappa shape index (κ1) is 32.5. The van der Waals surface area contributed by atoms with Gasteiger partial charge in [0.25, 0.3) is 0 Å². The normalized spacial score (nSPS) is 18.0. The van der Waals surface area contributed by atoms with Gasteiger partial charge in [-0.1, -0.05) is 22.9 Å². The molecule has 10 nitrogen and oxygen atoms in total. The van der Waals surface area contributed by atoms with Crippen molar-refractivity contribution in [2.75, 3.05) is 81.8 Å². The lowest BCUT2D eigenvalue weighted by molar-refractivity contribution is -0.870. The number of hydrogen-bond donors (Lipinski definition) is 1. The Bertz CT molecular complexity index is 691. The molecular formula is C21H44BrN2O8P+2. The van der Waals surface area contributed by atoms with Crippen molar-refractivity contribution in [2.24, 2.45) is 5.41 Å². The second kappa shape index (κ2) is 13.0. The van der Waals surface area contributed by atoms with Gasteiger partial charge in [0.2, 0.25) is 0 Å². The van der Waals surface area contributed by atoms with Crippen molar-refractivity contribution >= 4 is 35.7 Å². The number of carbonyl (C=O) groups excluding carboxylic acids is 2. The first-order valence-electron chi connectivity index (χ1n) is 11.0. The number of esters is 2. The van der Waals surface area contributed by atoms with Crippen molar-refractivity contribution in [1.82, 2.24) is 0 Å². The summed E-state index contributed by atoms with van der Waals surface area (Å²) in [4.78, 5) is 35.0. The highest BCUT2D eigenvalue weighted by atomic mass is 79.9. The maximum absolute atomic E-state index is 12.7. The molecule has 0 spiro atoms. The monoisotopic (exact) mass is 562 g/mol. The van der Waals surface area contributed by atoms with Gasteiger partial charge in [-0.3, -0.25) is 18.6 Å². The Morgan fingerprint density at radius 2 is 1.30 bits per heavy atom. The van der Waals surface area contributed by atoms with E-state index in [2.05, 4.69) is 15.9 Å². The standard InChI is InChI=1S/C21H43BrN2O8P/c1-10-20(2,17-21(3,22)19(26)29-13-11-23(4,5)6)18(25)30-15-16-32-33(27,28)31-14-12-24(7,8)9/h10-17H2,1-9H3/q+1/p+1. The van der Waals surface area contributed by atoms with E-state index < -0.39 is 29.5 Å². The Balaban J connectivity index is 4.68. The maximum atomic E-state index is 12.7. The third kappa shape index (κ3) is 14.4. The second-order valence-electron chi connectivity index (χ2n) is 10.7. The molecule has 33 heavy (non-hydrogen) atoms. The number of halogens is 1. The lowest BCUT2D eigenvalue weighted by Crippen LogP contribution is -2.43. The number of phosphoric ester groups is 1. The summed E-state index contributed by atoms with van der Waals surface area (Å²) in [5.41, 5.74) is -0.971. The summed E-state index contributed by atoms with van der Waals surface area (Å²) in [5, 5.41) is 0. The van der Waals surface area contributed by atoms with Gasteiger partial charge in [0.1, 0.15) is 37.2 Å². The molecule has 0 aliphatic rings. The van der Waals surface area contributed by atoms with Crippen LogP contribution in [0.15, 0.2) is 0 Å². The van der Waals surface area contributed by atoms with Crippen LogP contribution in [-0.2, 0) is 32.7 Å². The van der Waals surface area contributed by atoms with E-state index in [1.165, 1.54) is 0 Å². The molecule has 0 aromatic heterocycles. The van der Waals surface area contributed by atoms with Gasteiger partial charge in [-0.2, -0.15) is 0 Å². The maximum Gasteiger partial charge on any atom is 0.472 e. The molecule has 1 N–H and O–H groups in total. The number of alkyl halides is 1. The van der Waals surface area contributed by atoms with Crippen molar-refractivity contribution in [2.45, 2.75) is 37.9 Å². The highest BCUT2D eigenvalue weighted by molar-refractivity contribution is 9.10. The van der Waals surface area contributed by atoms with E-state index in [0.717, 1.165) is 0 Å². The van der Waals surface area contributed by atoms with Crippen LogP contribution in [-0.4, -0.2) is 112 Å². The molecule has 0 rings (SSSR count). The molecule has 0 radical (unpaired) electrons. The Kier molecular flexibility index (Phi) is 12.7. The summed E-state index contributed by atoms with van der Waals surface area (Å²) in [6, 6.07) is 0. The third-order valence-corrected chi connectivity index (χ3v) is 6.63. The molecule has 0 fully saturated rings. The predicted molar refractivity (Wildman–Crippen MR) is 130 cm³/mol. The number of likely N-dealkylation sites (N-methyl/N-ethyl adjacent to an activating group) is 2. The zero-order valence-corrected chi connectivity index (χ0v) is 24.2. The van der Waals surface area contributed by atoms with E-state index in [-0.39, 0.29) is 32.8 Å². The summed E-state index contributed by atoms with van der Waals surface area (Å²) in [7, 11) is 7.57. The number of rotatable bonds is 16. The van der Waals surface area contributed by atoms with Gasteiger partial charge < -0.3 is 23.3 Å². The van der Waals surface area contributed by atoms with E-state index in [0.29, 0.717) is 28.5 Å².